The van der Waals surface area contributed by atoms with Crippen LogP contribution in [0, 0.1) is 59.2 Å². The topological polar surface area (TPSA) is 78.8 Å². The van der Waals surface area contributed by atoms with Gasteiger partial charge in [-0.05, 0) is 117 Å². The van der Waals surface area contributed by atoms with E-state index in [9.17, 15) is 13.5 Å². The lowest BCUT2D eigenvalue weighted by atomic mass is 9.44. The number of hydrazone groups is 1. The van der Waals surface area contributed by atoms with Gasteiger partial charge in [0.2, 0.25) is 0 Å². The zero-order chi connectivity index (χ0) is 28.9. The number of aliphatic hydroxyl groups excluding tert-OH is 1. The molecular formula is C34H54N2O3S. The zero-order valence-electron chi connectivity index (χ0n) is 25.8. The third kappa shape index (κ3) is 5.53. The molecule has 4 fully saturated rings. The second kappa shape index (κ2) is 11.4. The summed E-state index contributed by atoms with van der Waals surface area (Å²) in [5.41, 5.74) is 2.44. The Bertz CT molecular complexity index is 1180. The fourth-order valence-electron chi connectivity index (χ4n) is 10.1. The number of benzene rings is 1. The summed E-state index contributed by atoms with van der Waals surface area (Å²) in [5.74, 6) is 4.31. The Morgan fingerprint density at radius 2 is 1.65 bits per heavy atom. The van der Waals surface area contributed by atoms with Gasteiger partial charge in [0.25, 0.3) is 10.0 Å². The largest absolute Gasteiger partial charge is 0.393 e. The van der Waals surface area contributed by atoms with Gasteiger partial charge in [-0.25, -0.2) is 4.83 Å². The highest BCUT2D eigenvalue weighted by molar-refractivity contribution is 7.89. The quantitative estimate of drug-likeness (QED) is 0.314. The molecule has 0 amide bonds. The van der Waals surface area contributed by atoms with E-state index in [4.69, 9.17) is 5.10 Å². The number of hydrogen-bond donors (Lipinski definition) is 2. The third-order valence-corrected chi connectivity index (χ3v) is 13.5. The lowest BCUT2D eigenvalue weighted by Gasteiger charge is -2.61. The average Bonchev–Trinajstić information content (AvgIpc) is 3.25. The predicted molar refractivity (Wildman–Crippen MR) is 163 cm³/mol. The number of fused-ring (bicyclic) bond motifs is 5. The summed E-state index contributed by atoms with van der Waals surface area (Å²) in [7, 11) is -3.74. The summed E-state index contributed by atoms with van der Waals surface area (Å²) in [4.78, 5) is 2.88. The number of hydrogen-bond acceptors (Lipinski definition) is 4. The van der Waals surface area contributed by atoms with Crippen LogP contribution in [0.3, 0.4) is 0 Å². The smallest absolute Gasteiger partial charge is 0.276 e. The van der Waals surface area contributed by atoms with Crippen LogP contribution >= 0.6 is 0 Å². The van der Waals surface area contributed by atoms with Crippen molar-refractivity contribution in [3.8, 4) is 0 Å². The molecule has 2 N–H and O–H groups in total. The summed E-state index contributed by atoms with van der Waals surface area (Å²) < 4.78 is 26.4. The van der Waals surface area contributed by atoms with Crippen LogP contribution in [0.1, 0.15) is 111 Å². The van der Waals surface area contributed by atoms with Gasteiger partial charge in [0, 0.05) is 11.6 Å². The highest BCUT2D eigenvalue weighted by atomic mass is 32.2. The molecule has 0 bridgehead atoms. The van der Waals surface area contributed by atoms with Crippen LogP contribution in [-0.4, -0.2) is 25.3 Å². The van der Waals surface area contributed by atoms with E-state index in [1.807, 2.05) is 19.1 Å². The van der Waals surface area contributed by atoms with E-state index in [1.54, 1.807) is 12.1 Å². The van der Waals surface area contributed by atoms with E-state index in [0.717, 1.165) is 48.3 Å². The molecule has 4 saturated carbocycles. The minimum atomic E-state index is -3.74. The molecule has 6 heteroatoms. The summed E-state index contributed by atoms with van der Waals surface area (Å²) in [6.07, 6.45) is 12.3. The van der Waals surface area contributed by atoms with Gasteiger partial charge >= 0.3 is 0 Å². The van der Waals surface area contributed by atoms with Crippen molar-refractivity contribution in [2.24, 2.45) is 57.4 Å². The van der Waals surface area contributed by atoms with Gasteiger partial charge < -0.3 is 5.11 Å². The van der Waals surface area contributed by atoms with Crippen molar-refractivity contribution < 1.29 is 13.5 Å². The molecule has 0 radical (unpaired) electrons. The summed E-state index contributed by atoms with van der Waals surface area (Å²) in [5, 5.41) is 15.4. The van der Waals surface area contributed by atoms with Crippen molar-refractivity contribution in [2.45, 2.75) is 123 Å². The van der Waals surface area contributed by atoms with Gasteiger partial charge in [-0.15, -0.1) is 0 Å². The Morgan fingerprint density at radius 3 is 2.35 bits per heavy atom. The van der Waals surface area contributed by atoms with Crippen LogP contribution in [0.15, 0.2) is 34.3 Å². The van der Waals surface area contributed by atoms with Crippen molar-refractivity contribution in [2.75, 3.05) is 0 Å². The molecule has 224 valence electrons. The summed E-state index contributed by atoms with van der Waals surface area (Å²) in [6, 6.07) is 6.95. The van der Waals surface area contributed by atoms with Crippen LogP contribution in [0.4, 0.5) is 0 Å². The maximum Gasteiger partial charge on any atom is 0.276 e. The number of nitrogens with one attached hydrogen (secondary N) is 1. The highest BCUT2D eigenvalue weighted by Crippen LogP contribution is 2.68. The van der Waals surface area contributed by atoms with Gasteiger partial charge in [-0.3, -0.25) is 0 Å². The molecule has 5 rings (SSSR count). The minimum absolute atomic E-state index is 0.0680. The Labute approximate surface area is 244 Å². The van der Waals surface area contributed by atoms with Gasteiger partial charge in [0.1, 0.15) is 0 Å². The molecule has 5 nitrogen and oxygen atoms in total. The second-order valence-electron chi connectivity index (χ2n) is 15.1. The minimum Gasteiger partial charge on any atom is -0.393 e. The normalized spacial score (nSPS) is 39.5. The number of rotatable bonds is 8. The van der Waals surface area contributed by atoms with E-state index in [0.29, 0.717) is 29.6 Å². The molecule has 0 aromatic heterocycles. The summed E-state index contributed by atoms with van der Waals surface area (Å²) >= 11 is 0. The van der Waals surface area contributed by atoms with Crippen LogP contribution in [0.25, 0.3) is 0 Å². The number of aryl methyl sites for hydroxylation is 1. The van der Waals surface area contributed by atoms with E-state index in [-0.39, 0.29) is 22.3 Å². The number of aliphatic hydroxyl groups is 1. The Morgan fingerprint density at radius 1 is 0.975 bits per heavy atom. The van der Waals surface area contributed by atoms with Crippen LogP contribution in [0.2, 0.25) is 0 Å². The molecule has 3 unspecified atom stereocenters. The molecule has 0 spiro atoms. The Hall–Kier alpha value is -1.40. The van der Waals surface area contributed by atoms with Crippen molar-refractivity contribution in [3.63, 3.8) is 0 Å². The monoisotopic (exact) mass is 570 g/mol. The van der Waals surface area contributed by atoms with E-state index in [1.165, 1.54) is 44.9 Å². The second-order valence-corrected chi connectivity index (χ2v) is 16.8. The van der Waals surface area contributed by atoms with E-state index >= 15 is 0 Å². The fourth-order valence-corrected chi connectivity index (χ4v) is 10.9. The first kappa shape index (κ1) is 30.1. The van der Waals surface area contributed by atoms with Crippen LogP contribution < -0.4 is 4.83 Å². The van der Waals surface area contributed by atoms with Crippen molar-refractivity contribution in [1.82, 2.24) is 4.83 Å². The number of nitrogens with zero attached hydrogens (tertiary/aromatic N) is 1. The molecular weight excluding hydrogens is 516 g/mol. The molecule has 0 saturated heterocycles. The van der Waals surface area contributed by atoms with Crippen LogP contribution in [-0.2, 0) is 10.0 Å². The lowest BCUT2D eigenvalue weighted by molar-refractivity contribution is -0.0939. The Balaban J connectivity index is 1.41. The standard InChI is InChI=1S/C34H54N2O3S/c1-22(2)8-7-9-24(4)28-14-15-29-27-21-32(35-36-40(38,39)26-12-10-23(3)11-13-26)31-20-25(37)16-18-34(31,6)30(27)17-19-33(28,29)5/h10-13,22,24-25,27-31,36-37H,7-9,14-21H2,1-6H3/b35-32+/t24-,25+,27?,28-,29+,30?,31?,33-,34-/m1/s1. The van der Waals surface area contributed by atoms with E-state index < -0.39 is 10.0 Å². The average molecular weight is 571 g/mol. The SMILES string of the molecule is Cc1ccc(S(=O)(=O)N/N=C2\CC3C(CC[C@]4(C)[C@@H]([C@H](C)CCCC(C)C)CC[C@@H]34)[C@@]3(C)CC[C@H](O)CC23)cc1. The maximum absolute atomic E-state index is 13.2. The predicted octanol–water partition coefficient (Wildman–Crippen LogP) is 7.72. The highest BCUT2D eigenvalue weighted by Gasteiger charge is 2.62. The first-order chi connectivity index (χ1) is 18.8. The van der Waals surface area contributed by atoms with Crippen LogP contribution in [0.5, 0.6) is 0 Å². The van der Waals surface area contributed by atoms with Gasteiger partial charge in [0.05, 0.1) is 11.0 Å². The molecule has 1 aromatic carbocycles. The van der Waals surface area contributed by atoms with Crippen molar-refractivity contribution in [3.05, 3.63) is 29.8 Å². The Kier molecular flexibility index (Phi) is 8.54. The molecule has 1 aromatic rings. The van der Waals surface area contributed by atoms with Gasteiger partial charge in [-0.1, -0.05) is 71.6 Å². The molecule has 4 aliphatic carbocycles. The third-order valence-electron chi connectivity index (χ3n) is 12.3. The van der Waals surface area contributed by atoms with E-state index in [2.05, 4.69) is 39.4 Å². The first-order valence-corrected chi connectivity index (χ1v) is 17.7. The fraction of sp³-hybridized carbons (Fsp3) is 0.794. The molecule has 9 atom stereocenters. The van der Waals surface area contributed by atoms with Gasteiger partial charge in [0.15, 0.2) is 0 Å². The molecule has 4 aliphatic rings. The number of sulfonamides is 1. The molecule has 0 heterocycles. The lowest BCUT2D eigenvalue weighted by Crippen LogP contribution is -2.57. The summed E-state index contributed by atoms with van der Waals surface area (Å²) in [6.45, 7) is 14.2. The molecule has 40 heavy (non-hydrogen) atoms. The zero-order valence-corrected chi connectivity index (χ0v) is 26.6. The van der Waals surface area contributed by atoms with Crippen molar-refractivity contribution >= 4 is 15.7 Å². The van der Waals surface area contributed by atoms with Gasteiger partial charge in [-0.2, -0.15) is 13.5 Å². The first-order valence-electron chi connectivity index (χ1n) is 16.2. The molecule has 0 aliphatic heterocycles. The van der Waals surface area contributed by atoms with Crippen molar-refractivity contribution in [1.29, 1.82) is 0 Å². The maximum atomic E-state index is 13.2.